The number of carbonyl (C=O) groups excluding carboxylic acids is 1. The Morgan fingerprint density at radius 2 is 1.29 bits per heavy atom. The highest BCUT2D eigenvalue weighted by atomic mass is 16.5. The normalized spacial score (nSPS) is 15.1. The smallest absolute Gasteiger partial charge is 0.229 e. The number of nitrogens with two attached hydrogens (primary N) is 1. The van der Waals surface area contributed by atoms with Crippen molar-refractivity contribution in [1.29, 1.82) is 0 Å². The van der Waals surface area contributed by atoms with E-state index in [1.165, 1.54) is 49.2 Å². The van der Waals surface area contributed by atoms with Crippen LogP contribution in [-0.2, 0) is 9.53 Å². The van der Waals surface area contributed by atoms with E-state index in [1.807, 2.05) is 0 Å². The summed E-state index contributed by atoms with van der Waals surface area (Å²) in [5.74, 6) is 0.0298. The Labute approximate surface area is 266 Å². The van der Waals surface area contributed by atoms with Crippen molar-refractivity contribution in [2.75, 3.05) is 24.3 Å². The van der Waals surface area contributed by atoms with E-state index in [4.69, 9.17) is 10.5 Å². The van der Waals surface area contributed by atoms with Crippen LogP contribution in [0.3, 0.4) is 0 Å². The minimum Gasteiger partial charge on any atom is -0.398 e. The maximum absolute atomic E-state index is 12.6. The zero-order chi connectivity index (χ0) is 32.2. The molecule has 2 aromatic heterocycles. The van der Waals surface area contributed by atoms with Crippen molar-refractivity contribution in [1.82, 2.24) is 9.13 Å². The summed E-state index contributed by atoms with van der Waals surface area (Å²) in [4.78, 5) is 12.6. The van der Waals surface area contributed by atoms with Gasteiger partial charge < -0.3 is 24.9 Å². The lowest BCUT2D eigenvalue weighted by molar-refractivity contribution is -0.119. The number of anilines is 2. The van der Waals surface area contributed by atoms with Crippen LogP contribution in [-0.4, -0.2) is 28.3 Å². The van der Waals surface area contributed by atoms with E-state index in [0.717, 1.165) is 34.5 Å². The molecular formula is C39H46N4O2. The first kappa shape index (κ1) is 30.7. The summed E-state index contributed by atoms with van der Waals surface area (Å²) in [6.07, 6.45) is 0.804. The number of hydrogen-bond donors (Lipinski definition) is 2. The molecule has 3 N–H and O–H groups in total. The molecule has 234 valence electrons. The fourth-order valence-electron chi connectivity index (χ4n) is 7.32. The number of aryl methyl sites for hydroxylation is 4. The molecule has 1 saturated heterocycles. The minimum absolute atomic E-state index is 0.0403. The molecule has 3 heterocycles. The number of amides is 1. The van der Waals surface area contributed by atoms with Gasteiger partial charge in [-0.2, -0.15) is 0 Å². The van der Waals surface area contributed by atoms with E-state index < -0.39 is 0 Å². The van der Waals surface area contributed by atoms with Crippen molar-refractivity contribution in [3.05, 3.63) is 82.9 Å². The van der Waals surface area contributed by atoms with Crippen LogP contribution in [0.1, 0.15) is 68.5 Å². The van der Waals surface area contributed by atoms with E-state index in [2.05, 4.69) is 131 Å². The number of aromatic nitrogens is 2. The van der Waals surface area contributed by atoms with Gasteiger partial charge in [0.1, 0.15) is 0 Å². The lowest BCUT2D eigenvalue weighted by atomic mass is 10.0. The lowest BCUT2D eigenvalue weighted by Crippen LogP contribution is -2.23. The zero-order valence-corrected chi connectivity index (χ0v) is 27.9. The van der Waals surface area contributed by atoms with Gasteiger partial charge in [-0.25, -0.2) is 0 Å². The van der Waals surface area contributed by atoms with Crippen LogP contribution in [0.4, 0.5) is 11.4 Å². The standard InChI is InChI=1S/C22H26N2O2.C17H20N2/c1-13(2)24-18-8-6-5-7-17(18)20-15(4)21(14(3)11-19(20)24)23-22(25)16-9-10-26-12-16;1-10(2)19-14-8-6-5-7-13(14)16-12(4)17(18)11(3)9-15(16)19/h5-8,11,13,16H,9-10,12H2,1-4H3,(H,23,25);5-10H,18H2,1-4H3. The molecule has 0 bridgehead atoms. The van der Waals surface area contributed by atoms with Crippen molar-refractivity contribution in [3.63, 3.8) is 0 Å². The van der Waals surface area contributed by atoms with Crippen molar-refractivity contribution in [2.24, 2.45) is 5.92 Å². The maximum Gasteiger partial charge on any atom is 0.229 e. The lowest BCUT2D eigenvalue weighted by Gasteiger charge is -2.17. The number of carbonyl (C=O) groups is 1. The molecular weight excluding hydrogens is 556 g/mol. The largest absolute Gasteiger partial charge is 0.398 e. The van der Waals surface area contributed by atoms with Gasteiger partial charge in [-0.1, -0.05) is 36.4 Å². The van der Waals surface area contributed by atoms with Gasteiger partial charge in [0.2, 0.25) is 5.91 Å². The highest BCUT2D eigenvalue weighted by Gasteiger charge is 2.25. The molecule has 6 aromatic rings. The Balaban J connectivity index is 0.000000167. The number of benzene rings is 4. The SMILES string of the molecule is Cc1cc2c(c(C)c1N)c1ccccc1n2C(C)C.Cc1cc2c(c(C)c1NC(=O)C1CCOC1)c1ccccc1n2C(C)C. The Kier molecular flexibility index (Phi) is 8.13. The fourth-order valence-corrected chi connectivity index (χ4v) is 7.32. The molecule has 1 aliphatic rings. The molecule has 6 heteroatoms. The highest BCUT2D eigenvalue weighted by molar-refractivity contribution is 6.13. The number of hydrogen-bond acceptors (Lipinski definition) is 3. The molecule has 0 saturated carbocycles. The number of rotatable bonds is 4. The zero-order valence-electron chi connectivity index (χ0n) is 27.9. The third-order valence-corrected chi connectivity index (χ3v) is 9.53. The van der Waals surface area contributed by atoms with E-state index in [0.29, 0.717) is 25.3 Å². The molecule has 4 aromatic carbocycles. The molecule has 1 fully saturated rings. The van der Waals surface area contributed by atoms with E-state index in [9.17, 15) is 4.79 Å². The second kappa shape index (κ2) is 11.9. The topological polar surface area (TPSA) is 74.2 Å². The van der Waals surface area contributed by atoms with Gasteiger partial charge in [-0.3, -0.25) is 4.79 Å². The minimum atomic E-state index is -0.0403. The third kappa shape index (κ3) is 5.15. The van der Waals surface area contributed by atoms with Gasteiger partial charge in [0.05, 0.1) is 23.6 Å². The number of nitrogens with zero attached hydrogens (tertiary/aromatic N) is 2. The molecule has 6 nitrogen and oxygen atoms in total. The summed E-state index contributed by atoms with van der Waals surface area (Å²) in [5, 5.41) is 8.27. The van der Waals surface area contributed by atoms with Gasteiger partial charge in [-0.05, 0) is 108 Å². The summed E-state index contributed by atoms with van der Waals surface area (Å²) in [5.41, 5.74) is 17.7. The molecule has 0 aliphatic carbocycles. The molecule has 0 radical (unpaired) electrons. The summed E-state index contributed by atoms with van der Waals surface area (Å²) in [6.45, 7) is 18.5. The third-order valence-electron chi connectivity index (χ3n) is 9.53. The number of nitrogen functional groups attached to an aromatic ring is 1. The first-order valence-corrected chi connectivity index (χ1v) is 16.2. The van der Waals surface area contributed by atoms with Crippen LogP contribution in [0.15, 0.2) is 60.7 Å². The van der Waals surface area contributed by atoms with Gasteiger partial charge >= 0.3 is 0 Å². The van der Waals surface area contributed by atoms with Crippen LogP contribution in [0.25, 0.3) is 43.6 Å². The number of para-hydroxylation sites is 2. The van der Waals surface area contributed by atoms with Gasteiger partial charge in [0.15, 0.2) is 0 Å². The van der Waals surface area contributed by atoms with E-state index in [-0.39, 0.29) is 11.8 Å². The van der Waals surface area contributed by atoms with Crippen LogP contribution in [0, 0.1) is 33.6 Å². The van der Waals surface area contributed by atoms with Crippen molar-refractivity contribution in [3.8, 4) is 0 Å². The number of ether oxygens (including phenoxy) is 1. The van der Waals surface area contributed by atoms with Crippen LogP contribution >= 0.6 is 0 Å². The van der Waals surface area contributed by atoms with Crippen molar-refractivity contribution < 1.29 is 9.53 Å². The average molecular weight is 603 g/mol. The fraction of sp³-hybridized carbons (Fsp3) is 0.359. The quantitative estimate of drug-likeness (QED) is 0.197. The van der Waals surface area contributed by atoms with Crippen molar-refractivity contribution >= 4 is 60.9 Å². The molecule has 1 atom stereocenters. The van der Waals surface area contributed by atoms with Crippen LogP contribution in [0.5, 0.6) is 0 Å². The van der Waals surface area contributed by atoms with Gasteiger partial charge in [0, 0.05) is 62.6 Å². The molecule has 45 heavy (non-hydrogen) atoms. The second-order valence-corrected chi connectivity index (χ2v) is 13.2. The van der Waals surface area contributed by atoms with E-state index >= 15 is 0 Å². The number of nitrogens with one attached hydrogen (secondary N) is 1. The summed E-state index contributed by atoms with van der Waals surface area (Å²) < 4.78 is 10.2. The summed E-state index contributed by atoms with van der Waals surface area (Å²) >= 11 is 0. The van der Waals surface area contributed by atoms with Crippen LogP contribution < -0.4 is 11.1 Å². The van der Waals surface area contributed by atoms with E-state index in [1.54, 1.807) is 0 Å². The molecule has 0 spiro atoms. The second-order valence-electron chi connectivity index (χ2n) is 13.2. The predicted octanol–water partition coefficient (Wildman–Crippen LogP) is 9.54. The first-order chi connectivity index (χ1) is 21.5. The summed E-state index contributed by atoms with van der Waals surface area (Å²) in [6, 6.07) is 22.3. The Morgan fingerprint density at radius 1 is 0.778 bits per heavy atom. The Hall–Kier alpha value is -4.29. The monoisotopic (exact) mass is 602 g/mol. The molecule has 1 aliphatic heterocycles. The first-order valence-electron chi connectivity index (χ1n) is 16.2. The molecule has 1 amide bonds. The van der Waals surface area contributed by atoms with Gasteiger partial charge in [-0.15, -0.1) is 0 Å². The molecule has 7 rings (SSSR count). The highest BCUT2D eigenvalue weighted by Crippen LogP contribution is 2.39. The maximum atomic E-state index is 12.6. The Morgan fingerprint density at radius 3 is 1.80 bits per heavy atom. The molecule has 1 unspecified atom stereocenters. The van der Waals surface area contributed by atoms with Crippen LogP contribution in [0.2, 0.25) is 0 Å². The summed E-state index contributed by atoms with van der Waals surface area (Å²) in [7, 11) is 0. The average Bonchev–Trinajstić information content (AvgIpc) is 3.73. The number of fused-ring (bicyclic) bond motifs is 6. The predicted molar refractivity (Wildman–Crippen MR) is 191 cm³/mol. The van der Waals surface area contributed by atoms with Gasteiger partial charge in [0.25, 0.3) is 0 Å². The Bertz CT molecular complexity index is 2070. The van der Waals surface area contributed by atoms with Crippen molar-refractivity contribution in [2.45, 2.75) is 73.9 Å².